The molecule has 0 radical (unpaired) electrons. The Bertz CT molecular complexity index is 195. The predicted octanol–water partition coefficient (Wildman–Crippen LogP) is 3.81. The van der Waals surface area contributed by atoms with Crippen LogP contribution in [0.5, 0.6) is 0 Å². The molecular formula is C16H34N2. The van der Waals surface area contributed by atoms with E-state index in [-0.39, 0.29) is 0 Å². The molecule has 0 aromatic rings. The number of hydrogen-bond donors (Lipinski definition) is 1. The molecule has 0 aromatic carbocycles. The van der Waals surface area contributed by atoms with Gasteiger partial charge in [0.25, 0.3) is 0 Å². The van der Waals surface area contributed by atoms with Gasteiger partial charge in [-0.15, -0.1) is 0 Å². The fraction of sp³-hybridized carbons (Fsp3) is 1.00. The molecular weight excluding hydrogens is 220 g/mol. The van der Waals surface area contributed by atoms with Crippen LogP contribution in [0.25, 0.3) is 0 Å². The van der Waals surface area contributed by atoms with E-state index in [9.17, 15) is 0 Å². The minimum Gasteiger partial charge on any atom is -0.315 e. The monoisotopic (exact) mass is 254 g/mol. The molecule has 2 nitrogen and oxygen atoms in total. The first-order valence-corrected chi connectivity index (χ1v) is 8.06. The van der Waals surface area contributed by atoms with E-state index in [4.69, 9.17) is 0 Å². The summed E-state index contributed by atoms with van der Waals surface area (Å²) >= 11 is 0. The maximum atomic E-state index is 3.51. The Morgan fingerprint density at radius 3 is 2.22 bits per heavy atom. The molecule has 1 fully saturated rings. The third kappa shape index (κ3) is 6.19. The molecule has 1 N–H and O–H groups in total. The van der Waals surface area contributed by atoms with Gasteiger partial charge in [-0.3, -0.25) is 0 Å². The van der Waals surface area contributed by atoms with Crippen LogP contribution in [0.2, 0.25) is 0 Å². The van der Waals surface area contributed by atoms with E-state index >= 15 is 0 Å². The van der Waals surface area contributed by atoms with E-state index in [0.717, 1.165) is 12.1 Å². The van der Waals surface area contributed by atoms with E-state index in [1.807, 2.05) is 0 Å². The van der Waals surface area contributed by atoms with Gasteiger partial charge in [0.1, 0.15) is 0 Å². The van der Waals surface area contributed by atoms with Crippen LogP contribution >= 0.6 is 0 Å². The summed E-state index contributed by atoms with van der Waals surface area (Å²) < 4.78 is 0. The third-order valence-corrected chi connectivity index (χ3v) is 4.45. The standard InChI is InChI=1S/C16H34N2/c1-14(2)17-13-9-10-15(3)18(4)16-11-7-5-6-8-12-16/h14-17H,5-13H2,1-4H3. The molecule has 2 heteroatoms. The number of nitrogens with zero attached hydrogens (tertiary/aromatic N) is 1. The first-order chi connectivity index (χ1) is 8.61. The summed E-state index contributed by atoms with van der Waals surface area (Å²) in [4.78, 5) is 2.65. The zero-order valence-corrected chi connectivity index (χ0v) is 13.0. The van der Waals surface area contributed by atoms with Gasteiger partial charge in [0, 0.05) is 18.1 Å². The van der Waals surface area contributed by atoms with Crippen molar-refractivity contribution in [3.63, 3.8) is 0 Å². The first-order valence-electron chi connectivity index (χ1n) is 8.06. The average Bonchev–Trinajstić information content (AvgIpc) is 2.61. The molecule has 0 saturated heterocycles. The van der Waals surface area contributed by atoms with Gasteiger partial charge in [0.2, 0.25) is 0 Å². The molecule has 0 heterocycles. The molecule has 1 rings (SSSR count). The first kappa shape index (κ1) is 16.0. The highest BCUT2D eigenvalue weighted by Gasteiger charge is 2.20. The lowest BCUT2D eigenvalue weighted by molar-refractivity contribution is 0.158. The van der Waals surface area contributed by atoms with Crippen LogP contribution in [-0.2, 0) is 0 Å². The quantitative estimate of drug-likeness (QED) is 0.549. The lowest BCUT2D eigenvalue weighted by atomic mass is 10.0. The number of nitrogens with one attached hydrogen (secondary N) is 1. The van der Waals surface area contributed by atoms with Crippen molar-refractivity contribution in [1.29, 1.82) is 0 Å². The maximum absolute atomic E-state index is 3.51. The molecule has 0 aliphatic heterocycles. The van der Waals surface area contributed by atoms with Gasteiger partial charge in [-0.1, -0.05) is 39.5 Å². The largest absolute Gasteiger partial charge is 0.315 e. The summed E-state index contributed by atoms with van der Waals surface area (Å²) in [6.07, 6.45) is 11.3. The summed E-state index contributed by atoms with van der Waals surface area (Å²) in [6, 6.07) is 2.21. The second-order valence-electron chi connectivity index (χ2n) is 6.41. The average molecular weight is 254 g/mol. The molecule has 18 heavy (non-hydrogen) atoms. The van der Waals surface area contributed by atoms with Crippen molar-refractivity contribution < 1.29 is 0 Å². The fourth-order valence-electron chi connectivity index (χ4n) is 3.02. The summed E-state index contributed by atoms with van der Waals surface area (Å²) in [5, 5.41) is 3.51. The lowest BCUT2D eigenvalue weighted by Gasteiger charge is -2.33. The summed E-state index contributed by atoms with van der Waals surface area (Å²) in [6.45, 7) is 8.02. The van der Waals surface area contributed by atoms with Gasteiger partial charge in [-0.2, -0.15) is 0 Å². The molecule has 0 aromatic heterocycles. The molecule has 1 aliphatic carbocycles. The van der Waals surface area contributed by atoms with E-state index in [1.165, 1.54) is 57.9 Å². The van der Waals surface area contributed by atoms with Gasteiger partial charge in [0.15, 0.2) is 0 Å². The second kappa shape index (κ2) is 8.92. The van der Waals surface area contributed by atoms with E-state index in [0.29, 0.717) is 6.04 Å². The van der Waals surface area contributed by atoms with Crippen LogP contribution in [0.3, 0.4) is 0 Å². The lowest BCUT2D eigenvalue weighted by Crippen LogP contribution is -2.38. The topological polar surface area (TPSA) is 15.3 Å². The second-order valence-corrected chi connectivity index (χ2v) is 6.41. The summed E-state index contributed by atoms with van der Waals surface area (Å²) in [7, 11) is 2.34. The van der Waals surface area contributed by atoms with Gasteiger partial charge >= 0.3 is 0 Å². The van der Waals surface area contributed by atoms with Crippen LogP contribution in [0.1, 0.15) is 72.1 Å². The summed E-state index contributed by atoms with van der Waals surface area (Å²) in [5.74, 6) is 0. The highest BCUT2D eigenvalue weighted by Crippen LogP contribution is 2.23. The minimum absolute atomic E-state index is 0.625. The van der Waals surface area contributed by atoms with Gasteiger partial charge in [-0.25, -0.2) is 0 Å². The van der Waals surface area contributed by atoms with Crippen molar-refractivity contribution in [3.8, 4) is 0 Å². The zero-order chi connectivity index (χ0) is 13.4. The van der Waals surface area contributed by atoms with Gasteiger partial charge in [-0.05, 0) is 46.2 Å². The zero-order valence-electron chi connectivity index (χ0n) is 13.0. The molecule has 1 unspecified atom stereocenters. The highest BCUT2D eigenvalue weighted by atomic mass is 15.2. The Labute approximate surface area is 115 Å². The molecule has 108 valence electrons. The van der Waals surface area contributed by atoms with Crippen molar-refractivity contribution in [1.82, 2.24) is 10.2 Å². The minimum atomic E-state index is 0.625. The Morgan fingerprint density at radius 1 is 1.06 bits per heavy atom. The molecule has 0 amide bonds. The van der Waals surface area contributed by atoms with Crippen LogP contribution in [0.4, 0.5) is 0 Å². The Morgan fingerprint density at radius 2 is 1.67 bits per heavy atom. The molecule has 1 aliphatic rings. The third-order valence-electron chi connectivity index (χ3n) is 4.45. The molecule has 0 bridgehead atoms. The normalized spacial score (nSPS) is 20.3. The van der Waals surface area contributed by atoms with Gasteiger partial charge < -0.3 is 10.2 Å². The SMILES string of the molecule is CC(C)NCCCC(C)N(C)C1CCCCCC1. The van der Waals surface area contributed by atoms with Crippen LogP contribution in [-0.4, -0.2) is 36.6 Å². The predicted molar refractivity (Wildman–Crippen MR) is 81.1 cm³/mol. The van der Waals surface area contributed by atoms with Crippen molar-refractivity contribution >= 4 is 0 Å². The van der Waals surface area contributed by atoms with Crippen LogP contribution < -0.4 is 5.32 Å². The van der Waals surface area contributed by atoms with Crippen molar-refractivity contribution in [2.24, 2.45) is 0 Å². The Kier molecular flexibility index (Phi) is 7.92. The van der Waals surface area contributed by atoms with E-state index < -0.39 is 0 Å². The molecule has 0 spiro atoms. The Hall–Kier alpha value is -0.0800. The Balaban J connectivity index is 2.20. The van der Waals surface area contributed by atoms with Crippen LogP contribution in [0.15, 0.2) is 0 Å². The maximum Gasteiger partial charge on any atom is 0.00950 e. The molecule has 1 saturated carbocycles. The van der Waals surface area contributed by atoms with E-state index in [2.05, 4.69) is 38.0 Å². The smallest absolute Gasteiger partial charge is 0.00950 e. The number of hydrogen-bond acceptors (Lipinski definition) is 2. The van der Waals surface area contributed by atoms with Crippen LogP contribution in [0, 0.1) is 0 Å². The van der Waals surface area contributed by atoms with Crippen molar-refractivity contribution in [2.75, 3.05) is 13.6 Å². The van der Waals surface area contributed by atoms with Gasteiger partial charge in [0.05, 0.1) is 0 Å². The van der Waals surface area contributed by atoms with Crippen molar-refractivity contribution in [3.05, 3.63) is 0 Å². The highest BCUT2D eigenvalue weighted by molar-refractivity contribution is 4.76. The molecule has 1 atom stereocenters. The fourth-order valence-corrected chi connectivity index (χ4v) is 3.02. The van der Waals surface area contributed by atoms with Crippen molar-refractivity contribution in [2.45, 2.75) is 90.3 Å². The number of rotatable bonds is 7. The van der Waals surface area contributed by atoms with E-state index in [1.54, 1.807) is 0 Å². The summed E-state index contributed by atoms with van der Waals surface area (Å²) in [5.41, 5.74) is 0.